The third kappa shape index (κ3) is 5.29. The van der Waals surface area contributed by atoms with Crippen LogP contribution in [0.15, 0.2) is 30.1 Å². The molecule has 1 heterocycles. The van der Waals surface area contributed by atoms with Crippen molar-refractivity contribution in [3.05, 3.63) is 41.2 Å². The van der Waals surface area contributed by atoms with Crippen molar-refractivity contribution in [2.24, 2.45) is 5.73 Å². The van der Waals surface area contributed by atoms with E-state index >= 15 is 0 Å². The summed E-state index contributed by atoms with van der Waals surface area (Å²) in [6.45, 7) is 0.292. The van der Waals surface area contributed by atoms with Crippen LogP contribution in [0.5, 0.6) is 5.75 Å². The highest BCUT2D eigenvalue weighted by molar-refractivity contribution is 7.51. The fourth-order valence-electron chi connectivity index (χ4n) is 2.27. The Hall–Kier alpha value is -1.44. The largest absolute Gasteiger partial charge is 0.489 e. The van der Waals surface area contributed by atoms with E-state index in [0.717, 1.165) is 10.5 Å². The maximum atomic E-state index is 12.4. The molecule has 1 aliphatic heterocycles. The lowest BCUT2D eigenvalue weighted by Crippen LogP contribution is -2.38. The first-order valence-electron chi connectivity index (χ1n) is 6.92. The van der Waals surface area contributed by atoms with Crippen LogP contribution >= 0.6 is 20.0 Å². The van der Waals surface area contributed by atoms with E-state index in [1.807, 2.05) is 0 Å². The molecule has 1 aromatic carbocycles. The number of amides is 1. The summed E-state index contributed by atoms with van der Waals surface area (Å²) in [5.74, 6) is 0.0558. The van der Waals surface area contributed by atoms with Gasteiger partial charge in [0, 0.05) is 24.2 Å². The van der Waals surface area contributed by atoms with Crippen LogP contribution in [0.4, 0.5) is 4.39 Å². The summed E-state index contributed by atoms with van der Waals surface area (Å²) in [4.78, 5) is 31.4. The van der Waals surface area contributed by atoms with Crippen LogP contribution in [0.3, 0.4) is 0 Å². The Morgan fingerprint density at radius 1 is 1.46 bits per heavy atom. The molecule has 24 heavy (non-hydrogen) atoms. The van der Waals surface area contributed by atoms with Gasteiger partial charge >= 0.3 is 7.60 Å². The minimum absolute atomic E-state index is 0. The third-order valence-electron chi connectivity index (χ3n) is 3.44. The fraction of sp³-hybridized carbons (Fsp3) is 0.357. The highest BCUT2D eigenvalue weighted by Gasteiger charge is 2.29. The van der Waals surface area contributed by atoms with Crippen LogP contribution in [-0.2, 0) is 11.0 Å². The molecule has 0 fully saturated rings. The zero-order valence-corrected chi connectivity index (χ0v) is 14.4. The molecule has 2 rings (SSSR count). The third-order valence-corrected chi connectivity index (χ3v) is 4.15. The molecule has 0 aliphatic carbocycles. The summed E-state index contributed by atoms with van der Waals surface area (Å²) in [7, 11) is -4.30. The lowest BCUT2D eigenvalue weighted by atomic mass is 9.99. The fourth-order valence-corrected chi connectivity index (χ4v) is 2.99. The monoisotopic (exact) mass is 380 g/mol. The van der Waals surface area contributed by atoms with E-state index in [-0.39, 0.29) is 32.1 Å². The van der Waals surface area contributed by atoms with E-state index in [2.05, 4.69) is 0 Å². The van der Waals surface area contributed by atoms with Crippen molar-refractivity contribution in [2.75, 3.05) is 26.0 Å². The second-order valence-electron chi connectivity index (χ2n) is 5.20. The smallest absolute Gasteiger partial charge is 0.344 e. The van der Waals surface area contributed by atoms with E-state index in [1.165, 1.54) is 0 Å². The van der Waals surface area contributed by atoms with Crippen molar-refractivity contribution in [2.45, 2.75) is 6.42 Å². The Balaban J connectivity index is 0.00000288. The van der Waals surface area contributed by atoms with Crippen LogP contribution in [0.2, 0.25) is 0 Å². The second-order valence-corrected chi connectivity index (χ2v) is 6.82. The first-order valence-corrected chi connectivity index (χ1v) is 8.71. The first kappa shape index (κ1) is 20.6. The summed E-state index contributed by atoms with van der Waals surface area (Å²) < 4.78 is 28.9. The molecule has 10 heteroatoms. The van der Waals surface area contributed by atoms with Crippen LogP contribution < -0.4 is 10.5 Å². The minimum Gasteiger partial charge on any atom is -0.489 e. The number of hydrogen-bond donors (Lipinski definition) is 3. The van der Waals surface area contributed by atoms with Gasteiger partial charge in [0.2, 0.25) is 0 Å². The number of nitrogens with zero attached hydrogens (tertiary/aromatic N) is 1. The maximum absolute atomic E-state index is 12.4. The highest BCUT2D eigenvalue weighted by atomic mass is 35.5. The summed E-state index contributed by atoms with van der Waals surface area (Å²) in [5.41, 5.74) is 6.77. The normalized spacial score (nSPS) is 14.9. The molecule has 1 aromatic rings. The molecular formula is C14H19ClFN2O5P. The Bertz CT molecular complexity index is 679. The average Bonchev–Trinajstić information content (AvgIpc) is 2.50. The number of carbonyl (C=O) groups excluding carboxylic acids is 1. The van der Waals surface area contributed by atoms with Crippen LogP contribution in [0.25, 0.3) is 0 Å². The Morgan fingerprint density at radius 3 is 2.75 bits per heavy atom. The molecular weight excluding hydrogens is 362 g/mol. The molecule has 1 amide bonds. The molecule has 0 aromatic heterocycles. The van der Waals surface area contributed by atoms with E-state index < -0.39 is 19.8 Å². The van der Waals surface area contributed by atoms with Gasteiger partial charge in [-0.2, -0.15) is 0 Å². The number of rotatable bonds is 6. The van der Waals surface area contributed by atoms with Crippen LogP contribution in [0.1, 0.15) is 15.9 Å². The van der Waals surface area contributed by atoms with Crippen molar-refractivity contribution >= 4 is 25.9 Å². The zero-order chi connectivity index (χ0) is 17.0. The quantitative estimate of drug-likeness (QED) is 0.643. The van der Waals surface area contributed by atoms with Crippen molar-refractivity contribution in [3.63, 3.8) is 0 Å². The number of nitrogens with two attached hydrogens (primary N) is 1. The van der Waals surface area contributed by atoms with E-state index in [0.29, 0.717) is 29.6 Å². The molecule has 0 saturated carbocycles. The van der Waals surface area contributed by atoms with Gasteiger partial charge in [-0.25, -0.2) is 4.39 Å². The van der Waals surface area contributed by atoms with Gasteiger partial charge in [-0.3, -0.25) is 9.36 Å². The number of ether oxygens (including phenoxy) is 1. The van der Waals surface area contributed by atoms with E-state index in [9.17, 15) is 13.8 Å². The van der Waals surface area contributed by atoms with E-state index in [4.69, 9.17) is 20.3 Å². The molecule has 1 aliphatic rings. The van der Waals surface area contributed by atoms with Crippen LogP contribution in [0, 0.1) is 0 Å². The van der Waals surface area contributed by atoms with Crippen molar-refractivity contribution in [1.29, 1.82) is 0 Å². The number of hydrogen-bond acceptors (Lipinski definition) is 4. The predicted octanol–water partition coefficient (Wildman–Crippen LogP) is 1.43. The number of carbonyl (C=O) groups is 1. The van der Waals surface area contributed by atoms with Gasteiger partial charge in [-0.05, 0) is 30.2 Å². The molecule has 0 saturated heterocycles. The highest BCUT2D eigenvalue weighted by Crippen LogP contribution is 2.37. The molecule has 0 atom stereocenters. The van der Waals surface area contributed by atoms with Crippen LogP contribution in [-0.4, -0.2) is 46.6 Å². The molecule has 0 spiro atoms. The Labute approximate surface area is 144 Å². The van der Waals surface area contributed by atoms with Crippen molar-refractivity contribution in [1.82, 2.24) is 4.90 Å². The molecule has 134 valence electrons. The summed E-state index contributed by atoms with van der Waals surface area (Å²) in [6, 6.07) is 4.78. The van der Waals surface area contributed by atoms with Gasteiger partial charge in [0.25, 0.3) is 5.91 Å². The Kier molecular flexibility index (Phi) is 7.38. The van der Waals surface area contributed by atoms with Gasteiger partial charge < -0.3 is 25.2 Å². The van der Waals surface area contributed by atoms with E-state index in [1.54, 1.807) is 18.2 Å². The maximum Gasteiger partial charge on any atom is 0.344 e. The lowest BCUT2D eigenvalue weighted by Gasteiger charge is -2.28. The second kappa shape index (κ2) is 8.60. The van der Waals surface area contributed by atoms with Gasteiger partial charge in [-0.1, -0.05) is 0 Å². The molecule has 4 N–H and O–H groups in total. The molecule has 7 nitrogen and oxygen atoms in total. The minimum atomic E-state index is -4.30. The molecule has 0 radical (unpaired) electrons. The average molecular weight is 381 g/mol. The number of halogens is 2. The SMILES string of the molecule is Cl.NC/C(=C\F)COc1ccc2c(c1)CCN(CP(=O)(O)O)C2=O. The van der Waals surface area contributed by atoms with Gasteiger partial charge in [0.1, 0.15) is 18.6 Å². The number of fused-ring (bicyclic) bond motifs is 1. The molecule has 0 bridgehead atoms. The Morgan fingerprint density at radius 2 is 2.17 bits per heavy atom. The first-order chi connectivity index (χ1) is 10.8. The van der Waals surface area contributed by atoms with Crippen molar-refractivity contribution in [3.8, 4) is 5.75 Å². The number of benzene rings is 1. The van der Waals surface area contributed by atoms with Gasteiger partial charge in [0.15, 0.2) is 0 Å². The summed E-state index contributed by atoms with van der Waals surface area (Å²) in [5, 5.41) is 0. The van der Waals surface area contributed by atoms with Gasteiger partial charge in [0.05, 0.1) is 6.33 Å². The predicted molar refractivity (Wildman–Crippen MR) is 89.1 cm³/mol. The standard InChI is InChI=1S/C14H18FN2O5P.ClH/c15-6-10(7-16)8-22-12-1-2-13-11(5-12)3-4-17(14(13)18)9-23(19,20)21;/h1-2,5-6H,3-4,7-9,16H2,(H2,19,20,21);1H/b10-6+;. The molecule has 0 unspecified atom stereocenters. The summed E-state index contributed by atoms with van der Waals surface area (Å²) in [6.07, 6.45) is 0.271. The topological polar surface area (TPSA) is 113 Å². The lowest BCUT2D eigenvalue weighted by molar-refractivity contribution is 0.0757. The van der Waals surface area contributed by atoms with Gasteiger partial charge in [-0.15, -0.1) is 12.4 Å². The van der Waals surface area contributed by atoms with Crippen molar-refractivity contribution < 1.29 is 28.3 Å². The zero-order valence-electron chi connectivity index (χ0n) is 12.7. The summed E-state index contributed by atoms with van der Waals surface area (Å²) >= 11 is 0.